The van der Waals surface area contributed by atoms with Gasteiger partial charge in [-0.2, -0.15) is 0 Å². The second-order valence-electron chi connectivity index (χ2n) is 4.86. The van der Waals surface area contributed by atoms with Crippen molar-refractivity contribution in [2.75, 3.05) is 25.6 Å². The van der Waals surface area contributed by atoms with Crippen LogP contribution in [-0.4, -0.2) is 32.3 Å². The third-order valence-corrected chi connectivity index (χ3v) is 2.95. The van der Waals surface area contributed by atoms with E-state index in [2.05, 4.69) is 29.8 Å². The number of carbonyl (C=O) groups is 1. The monoisotopic (exact) mass is 279 g/mol. The van der Waals surface area contributed by atoms with Crippen LogP contribution in [0.3, 0.4) is 0 Å². The minimum Gasteiger partial charge on any atom is -0.383 e. The van der Waals surface area contributed by atoms with Gasteiger partial charge < -0.3 is 20.7 Å². The predicted molar refractivity (Wildman–Crippen MR) is 82.0 cm³/mol. The molecule has 1 aromatic carbocycles. The van der Waals surface area contributed by atoms with Crippen molar-refractivity contribution in [1.29, 1.82) is 0 Å². The van der Waals surface area contributed by atoms with Gasteiger partial charge in [0.25, 0.3) is 0 Å². The molecule has 2 atom stereocenters. The Labute approximate surface area is 121 Å². The molecule has 1 aromatic rings. The Balaban J connectivity index is 2.59. The highest BCUT2D eigenvalue weighted by atomic mass is 16.5. The number of hydrogen-bond acceptors (Lipinski definition) is 3. The third kappa shape index (κ3) is 5.59. The molecule has 0 heterocycles. The van der Waals surface area contributed by atoms with Crippen molar-refractivity contribution in [2.24, 2.45) is 0 Å². The fourth-order valence-corrected chi connectivity index (χ4v) is 1.99. The Bertz CT molecular complexity index is 423. The summed E-state index contributed by atoms with van der Waals surface area (Å²) in [5.74, 6) is 0. The number of ether oxygens (including phenoxy) is 1. The minimum atomic E-state index is -0.220. The normalized spacial score (nSPS) is 13.6. The Hall–Kier alpha value is -1.59. The maximum Gasteiger partial charge on any atom is 0.319 e. The van der Waals surface area contributed by atoms with Gasteiger partial charge in [0, 0.05) is 18.8 Å². The first kappa shape index (κ1) is 16.5. The molecule has 0 saturated heterocycles. The number of anilines is 1. The van der Waals surface area contributed by atoms with E-state index in [0.29, 0.717) is 6.61 Å². The molecule has 0 bridgehead atoms. The molecule has 0 aliphatic rings. The Morgan fingerprint density at radius 2 is 2.10 bits per heavy atom. The minimum absolute atomic E-state index is 0.0242. The third-order valence-electron chi connectivity index (χ3n) is 2.95. The van der Waals surface area contributed by atoms with Crippen LogP contribution in [0.1, 0.15) is 32.4 Å². The number of rotatable bonds is 7. The van der Waals surface area contributed by atoms with Crippen molar-refractivity contribution in [1.82, 2.24) is 10.6 Å². The summed E-state index contributed by atoms with van der Waals surface area (Å²) in [5.41, 5.74) is 1.93. The summed E-state index contributed by atoms with van der Waals surface area (Å²) in [6, 6.07) is 7.86. The van der Waals surface area contributed by atoms with E-state index in [1.54, 1.807) is 7.11 Å². The fraction of sp³-hybridized carbons (Fsp3) is 0.533. The lowest BCUT2D eigenvalue weighted by Gasteiger charge is -2.16. The molecular formula is C15H25N3O2. The molecule has 1 rings (SSSR count). The van der Waals surface area contributed by atoms with Crippen molar-refractivity contribution in [3.05, 3.63) is 29.8 Å². The molecule has 0 aliphatic carbocycles. The summed E-state index contributed by atoms with van der Waals surface area (Å²) in [6.45, 7) is 7.47. The highest BCUT2D eigenvalue weighted by Gasteiger charge is 2.08. The molecule has 0 fully saturated rings. The lowest BCUT2D eigenvalue weighted by atomic mass is 10.1. The average Bonchev–Trinajstić information content (AvgIpc) is 2.39. The molecule has 0 aliphatic heterocycles. The van der Waals surface area contributed by atoms with Crippen LogP contribution in [0.15, 0.2) is 24.3 Å². The molecule has 3 N–H and O–H groups in total. The van der Waals surface area contributed by atoms with E-state index in [0.717, 1.165) is 17.8 Å². The number of amides is 2. The Morgan fingerprint density at radius 3 is 2.75 bits per heavy atom. The predicted octanol–water partition coefficient (Wildman–Crippen LogP) is 2.51. The van der Waals surface area contributed by atoms with E-state index in [1.165, 1.54) is 0 Å². The van der Waals surface area contributed by atoms with Gasteiger partial charge in [0.2, 0.25) is 0 Å². The molecule has 5 nitrogen and oxygen atoms in total. The fourth-order valence-electron chi connectivity index (χ4n) is 1.99. The number of methoxy groups -OCH3 is 1. The summed E-state index contributed by atoms with van der Waals surface area (Å²) in [4.78, 5) is 11.8. The van der Waals surface area contributed by atoms with Gasteiger partial charge in [-0.3, -0.25) is 0 Å². The smallest absolute Gasteiger partial charge is 0.319 e. The second-order valence-corrected chi connectivity index (χ2v) is 4.86. The van der Waals surface area contributed by atoms with Crippen LogP contribution in [0.25, 0.3) is 0 Å². The summed E-state index contributed by atoms with van der Waals surface area (Å²) in [5, 5.41) is 8.99. The van der Waals surface area contributed by atoms with Crippen molar-refractivity contribution in [2.45, 2.75) is 32.9 Å². The molecule has 112 valence electrons. The van der Waals surface area contributed by atoms with Crippen molar-refractivity contribution >= 4 is 11.7 Å². The van der Waals surface area contributed by atoms with Crippen LogP contribution in [0.4, 0.5) is 10.5 Å². The van der Waals surface area contributed by atoms with E-state index >= 15 is 0 Å². The van der Waals surface area contributed by atoms with E-state index in [-0.39, 0.29) is 18.1 Å². The number of benzene rings is 1. The van der Waals surface area contributed by atoms with Crippen molar-refractivity contribution in [3.8, 4) is 0 Å². The second kappa shape index (κ2) is 8.55. The highest BCUT2D eigenvalue weighted by molar-refractivity contribution is 5.89. The van der Waals surface area contributed by atoms with Crippen LogP contribution < -0.4 is 16.0 Å². The molecule has 2 unspecified atom stereocenters. The topological polar surface area (TPSA) is 62.4 Å². The van der Waals surface area contributed by atoms with Gasteiger partial charge in [0.05, 0.1) is 12.6 Å². The van der Waals surface area contributed by atoms with Gasteiger partial charge >= 0.3 is 6.03 Å². The first-order chi connectivity index (χ1) is 9.56. The molecule has 0 saturated carbocycles. The zero-order valence-corrected chi connectivity index (χ0v) is 12.7. The lowest BCUT2D eigenvalue weighted by molar-refractivity contribution is 0.173. The molecule has 0 spiro atoms. The number of hydrogen-bond donors (Lipinski definition) is 3. The maximum absolute atomic E-state index is 11.8. The first-order valence-corrected chi connectivity index (χ1v) is 6.96. The molecule has 0 radical (unpaired) electrons. The van der Waals surface area contributed by atoms with Crippen molar-refractivity contribution < 1.29 is 9.53 Å². The number of urea groups is 1. The van der Waals surface area contributed by atoms with E-state index in [1.807, 2.05) is 31.2 Å². The van der Waals surface area contributed by atoms with Gasteiger partial charge in [0.1, 0.15) is 0 Å². The quantitative estimate of drug-likeness (QED) is 0.718. The molecule has 0 aromatic heterocycles. The standard InChI is InChI=1S/C15H25N3O2/c1-5-16-12(3)13-7-6-8-14(9-13)18-15(19)17-11(2)10-20-4/h6-9,11-12,16H,5,10H2,1-4H3,(H2,17,18,19). The summed E-state index contributed by atoms with van der Waals surface area (Å²) >= 11 is 0. The molecular weight excluding hydrogens is 254 g/mol. The number of nitrogens with one attached hydrogen (secondary N) is 3. The van der Waals surface area contributed by atoms with Crippen molar-refractivity contribution in [3.63, 3.8) is 0 Å². The molecule has 20 heavy (non-hydrogen) atoms. The SMILES string of the molecule is CCNC(C)c1cccc(NC(=O)NC(C)COC)c1. The van der Waals surface area contributed by atoms with Crippen LogP contribution in [0, 0.1) is 0 Å². The summed E-state index contributed by atoms with van der Waals surface area (Å²) in [6.07, 6.45) is 0. The summed E-state index contributed by atoms with van der Waals surface area (Å²) < 4.78 is 4.98. The van der Waals surface area contributed by atoms with Gasteiger partial charge in [-0.05, 0) is 38.1 Å². The Morgan fingerprint density at radius 1 is 1.35 bits per heavy atom. The van der Waals surface area contributed by atoms with E-state index in [4.69, 9.17) is 4.74 Å². The average molecular weight is 279 g/mol. The van der Waals surface area contributed by atoms with Crippen LogP contribution in [-0.2, 0) is 4.74 Å². The van der Waals surface area contributed by atoms with Gasteiger partial charge in [-0.1, -0.05) is 19.1 Å². The molecule has 5 heteroatoms. The van der Waals surface area contributed by atoms with Gasteiger partial charge in [-0.25, -0.2) is 4.79 Å². The number of carbonyl (C=O) groups excluding carboxylic acids is 1. The van der Waals surface area contributed by atoms with E-state index in [9.17, 15) is 4.79 Å². The van der Waals surface area contributed by atoms with Crippen LogP contribution in [0.5, 0.6) is 0 Å². The van der Waals surface area contributed by atoms with Gasteiger partial charge in [0.15, 0.2) is 0 Å². The highest BCUT2D eigenvalue weighted by Crippen LogP contribution is 2.17. The maximum atomic E-state index is 11.8. The van der Waals surface area contributed by atoms with E-state index < -0.39 is 0 Å². The summed E-state index contributed by atoms with van der Waals surface area (Å²) in [7, 11) is 1.61. The van der Waals surface area contributed by atoms with Crippen LogP contribution >= 0.6 is 0 Å². The van der Waals surface area contributed by atoms with Crippen LogP contribution in [0.2, 0.25) is 0 Å². The first-order valence-electron chi connectivity index (χ1n) is 6.96. The largest absolute Gasteiger partial charge is 0.383 e. The lowest BCUT2D eigenvalue weighted by Crippen LogP contribution is -2.38. The van der Waals surface area contributed by atoms with Gasteiger partial charge in [-0.15, -0.1) is 0 Å². The Kier molecular flexibility index (Phi) is 7.04. The zero-order valence-electron chi connectivity index (χ0n) is 12.7. The zero-order chi connectivity index (χ0) is 15.0. The molecule has 2 amide bonds.